The van der Waals surface area contributed by atoms with Crippen LogP contribution in [0.25, 0.3) is 0 Å². The standard InChI is InChI=1S/C34H51NO7Si/c1-32(2,3)41-31(36)35-27(23-40-34(35,7)8)29(42-43(9,10)33(4,5)6)25-17-18-28(39-22-24-15-12-11-13-16-24)26(21-25)30-37-19-14-20-38-30/h11-13,15-18,21,27,29-30H,14,19-20,22-23H2,1-10H3/t27-,29-/m1/s1. The maximum Gasteiger partial charge on any atom is 0.413 e. The molecule has 0 aliphatic carbocycles. The van der Waals surface area contributed by atoms with Crippen molar-refractivity contribution in [3.63, 3.8) is 0 Å². The number of carbonyl (C=O) groups excluding carboxylic acids is 1. The molecule has 0 radical (unpaired) electrons. The highest BCUT2D eigenvalue weighted by atomic mass is 28.4. The van der Waals surface area contributed by atoms with Crippen molar-refractivity contribution >= 4 is 14.4 Å². The molecule has 9 heteroatoms. The normalized spacial score (nSPS) is 20.6. The van der Waals surface area contributed by atoms with Gasteiger partial charge >= 0.3 is 6.09 Å². The van der Waals surface area contributed by atoms with E-state index in [1.807, 2.05) is 77.1 Å². The van der Waals surface area contributed by atoms with E-state index in [-0.39, 0.29) is 5.04 Å². The molecule has 2 aliphatic heterocycles. The molecule has 43 heavy (non-hydrogen) atoms. The molecule has 0 saturated carbocycles. The number of amides is 1. The van der Waals surface area contributed by atoms with Crippen molar-refractivity contribution < 1.29 is 32.9 Å². The van der Waals surface area contributed by atoms with E-state index in [0.717, 1.165) is 23.1 Å². The Morgan fingerprint density at radius 1 is 1.02 bits per heavy atom. The van der Waals surface area contributed by atoms with Crippen molar-refractivity contribution in [3.05, 3.63) is 65.2 Å². The van der Waals surface area contributed by atoms with Crippen LogP contribution < -0.4 is 4.74 Å². The molecule has 2 saturated heterocycles. The minimum Gasteiger partial charge on any atom is -0.488 e. The molecule has 0 unspecified atom stereocenters. The summed E-state index contributed by atoms with van der Waals surface area (Å²) >= 11 is 0. The molecule has 2 aromatic carbocycles. The molecular formula is C34H51NO7Si. The summed E-state index contributed by atoms with van der Waals surface area (Å²) in [6, 6.07) is 15.7. The molecule has 0 bridgehead atoms. The van der Waals surface area contributed by atoms with Crippen LogP contribution in [-0.2, 0) is 30.0 Å². The number of rotatable bonds is 8. The van der Waals surface area contributed by atoms with Gasteiger partial charge < -0.3 is 28.1 Å². The molecule has 0 spiro atoms. The average molecular weight is 614 g/mol. The number of hydrogen-bond acceptors (Lipinski definition) is 7. The van der Waals surface area contributed by atoms with Gasteiger partial charge in [0, 0.05) is 0 Å². The summed E-state index contributed by atoms with van der Waals surface area (Å²) in [5.41, 5.74) is 1.25. The maximum absolute atomic E-state index is 13.7. The van der Waals surface area contributed by atoms with E-state index in [9.17, 15) is 4.79 Å². The molecule has 2 fully saturated rings. The monoisotopic (exact) mass is 613 g/mol. The van der Waals surface area contributed by atoms with Crippen LogP contribution >= 0.6 is 0 Å². The summed E-state index contributed by atoms with van der Waals surface area (Å²) in [6.07, 6.45) is -0.634. The molecule has 1 amide bonds. The Kier molecular flexibility index (Phi) is 10.0. The quantitative estimate of drug-likeness (QED) is 0.278. The SMILES string of the molecule is CC(C)(C)OC(=O)N1[C@@H]([C@H](O[Si](C)(C)C(C)(C)C)c2ccc(OCc3ccccc3)c(C3OCCCO3)c2)COC1(C)C. The fourth-order valence-corrected chi connectivity index (χ4v) is 6.33. The third-order valence-corrected chi connectivity index (χ3v) is 12.8. The van der Waals surface area contributed by atoms with Crippen LogP contribution in [0.4, 0.5) is 4.79 Å². The highest BCUT2D eigenvalue weighted by molar-refractivity contribution is 6.74. The number of hydrogen-bond donors (Lipinski definition) is 0. The van der Waals surface area contributed by atoms with E-state index in [1.54, 1.807) is 4.90 Å². The molecule has 2 heterocycles. The second kappa shape index (κ2) is 12.9. The average Bonchev–Trinajstić information content (AvgIpc) is 3.24. The first-order valence-electron chi connectivity index (χ1n) is 15.4. The highest BCUT2D eigenvalue weighted by Crippen LogP contribution is 2.45. The predicted molar refractivity (Wildman–Crippen MR) is 169 cm³/mol. The molecule has 2 atom stereocenters. The van der Waals surface area contributed by atoms with Crippen LogP contribution in [0.3, 0.4) is 0 Å². The summed E-state index contributed by atoms with van der Waals surface area (Å²) in [7, 11) is -2.33. The summed E-state index contributed by atoms with van der Waals surface area (Å²) in [4.78, 5) is 15.4. The Hall–Kier alpha value is -2.43. The van der Waals surface area contributed by atoms with Gasteiger partial charge in [-0.3, -0.25) is 4.90 Å². The van der Waals surface area contributed by atoms with Crippen LogP contribution in [0.15, 0.2) is 48.5 Å². The van der Waals surface area contributed by atoms with Gasteiger partial charge in [0.15, 0.2) is 14.6 Å². The van der Waals surface area contributed by atoms with Crippen molar-refractivity contribution in [2.24, 2.45) is 0 Å². The van der Waals surface area contributed by atoms with Gasteiger partial charge in [-0.15, -0.1) is 0 Å². The molecule has 0 aromatic heterocycles. The Morgan fingerprint density at radius 3 is 2.28 bits per heavy atom. The van der Waals surface area contributed by atoms with Crippen molar-refractivity contribution in [1.82, 2.24) is 4.90 Å². The molecular weight excluding hydrogens is 562 g/mol. The Bertz CT molecular complexity index is 1230. The van der Waals surface area contributed by atoms with Crippen LogP contribution in [0.1, 0.15) is 90.9 Å². The molecule has 8 nitrogen and oxygen atoms in total. The van der Waals surface area contributed by atoms with E-state index >= 15 is 0 Å². The van der Waals surface area contributed by atoms with Crippen molar-refractivity contribution in [3.8, 4) is 5.75 Å². The third-order valence-electron chi connectivity index (χ3n) is 8.37. The van der Waals surface area contributed by atoms with Crippen molar-refractivity contribution in [2.75, 3.05) is 19.8 Å². The minimum atomic E-state index is -2.33. The lowest BCUT2D eigenvalue weighted by Gasteiger charge is -2.43. The highest BCUT2D eigenvalue weighted by Gasteiger charge is 2.51. The first-order valence-corrected chi connectivity index (χ1v) is 18.3. The topological polar surface area (TPSA) is 75.7 Å². The fraction of sp³-hybridized carbons (Fsp3) is 0.618. The summed E-state index contributed by atoms with van der Waals surface area (Å²) in [5.74, 6) is 0.692. The van der Waals surface area contributed by atoms with E-state index in [0.29, 0.717) is 32.2 Å². The number of benzene rings is 2. The largest absolute Gasteiger partial charge is 0.488 e. The molecule has 238 valence electrons. The van der Waals surface area contributed by atoms with Gasteiger partial charge in [-0.25, -0.2) is 4.79 Å². The summed E-state index contributed by atoms with van der Waals surface area (Å²) < 4.78 is 37.8. The van der Waals surface area contributed by atoms with Crippen LogP contribution in [0, 0.1) is 0 Å². The van der Waals surface area contributed by atoms with Gasteiger partial charge in [0.1, 0.15) is 23.7 Å². The number of nitrogens with zero attached hydrogens (tertiary/aromatic N) is 1. The number of carbonyl (C=O) groups is 1. The van der Waals surface area contributed by atoms with Gasteiger partial charge in [-0.05, 0) is 82.4 Å². The van der Waals surface area contributed by atoms with Crippen LogP contribution in [-0.4, -0.2) is 56.5 Å². The molecule has 2 aromatic rings. The third kappa shape index (κ3) is 8.19. The van der Waals surface area contributed by atoms with Crippen LogP contribution in [0.5, 0.6) is 5.75 Å². The smallest absolute Gasteiger partial charge is 0.413 e. The van der Waals surface area contributed by atoms with Crippen molar-refractivity contribution in [1.29, 1.82) is 0 Å². The summed E-state index contributed by atoms with van der Waals surface area (Å²) in [5, 5.41) is -0.0614. The molecule has 0 N–H and O–H groups in total. The Labute approximate surface area is 259 Å². The van der Waals surface area contributed by atoms with E-state index < -0.39 is 44.2 Å². The van der Waals surface area contributed by atoms with Crippen LogP contribution in [0.2, 0.25) is 18.1 Å². The zero-order valence-corrected chi connectivity index (χ0v) is 28.7. The summed E-state index contributed by atoms with van der Waals surface area (Å²) in [6.45, 7) is 22.5. The first kappa shape index (κ1) is 33.5. The fourth-order valence-electron chi connectivity index (χ4n) is 5.05. The Balaban J connectivity index is 1.78. The van der Waals surface area contributed by atoms with Gasteiger partial charge in [-0.1, -0.05) is 57.2 Å². The van der Waals surface area contributed by atoms with Gasteiger partial charge in [0.05, 0.1) is 37.5 Å². The molecule has 2 aliphatic rings. The van der Waals surface area contributed by atoms with Gasteiger partial charge in [0.25, 0.3) is 0 Å². The Morgan fingerprint density at radius 2 is 1.67 bits per heavy atom. The van der Waals surface area contributed by atoms with Gasteiger partial charge in [0.2, 0.25) is 0 Å². The van der Waals surface area contributed by atoms with E-state index in [1.165, 1.54) is 0 Å². The van der Waals surface area contributed by atoms with E-state index in [2.05, 4.69) is 39.9 Å². The minimum absolute atomic E-state index is 0.0614. The maximum atomic E-state index is 13.7. The molecule has 4 rings (SSSR count). The first-order chi connectivity index (χ1) is 20.0. The lowest BCUT2D eigenvalue weighted by Crippen LogP contribution is -2.53. The number of ether oxygens (including phenoxy) is 5. The van der Waals surface area contributed by atoms with Crippen molar-refractivity contribution in [2.45, 2.75) is 116 Å². The lowest BCUT2D eigenvalue weighted by atomic mass is 9.98. The zero-order valence-electron chi connectivity index (χ0n) is 27.7. The van der Waals surface area contributed by atoms with Gasteiger partial charge in [-0.2, -0.15) is 0 Å². The second-order valence-corrected chi connectivity index (χ2v) is 19.2. The lowest BCUT2D eigenvalue weighted by molar-refractivity contribution is -0.183. The van der Waals surface area contributed by atoms with E-state index in [4.69, 9.17) is 28.1 Å². The second-order valence-electron chi connectivity index (χ2n) is 14.5. The zero-order chi connectivity index (χ0) is 31.6. The predicted octanol–water partition coefficient (Wildman–Crippen LogP) is 8.14.